The second kappa shape index (κ2) is 9.82. The second-order valence-electron chi connectivity index (χ2n) is 5.16. The number of carbonyl (C=O) groups excluding carboxylic acids is 2. The average Bonchev–Trinajstić information content (AvgIpc) is 2.65. The Hall–Kier alpha value is -2.74. The molecule has 0 heterocycles. The van der Waals surface area contributed by atoms with Crippen molar-refractivity contribution in [3.8, 4) is 11.5 Å². The first kappa shape index (κ1) is 20.6. The second-order valence-corrected chi connectivity index (χ2v) is 6.02. The number of carbonyl (C=O) groups is 2. The molecule has 0 atom stereocenters. The van der Waals surface area contributed by atoms with Crippen LogP contribution in [0.5, 0.6) is 11.5 Å². The van der Waals surface area contributed by atoms with Crippen LogP contribution in [0.25, 0.3) is 6.08 Å². The maximum atomic E-state index is 12.1. The lowest BCUT2D eigenvalue weighted by molar-refractivity contribution is -0.136. The van der Waals surface area contributed by atoms with E-state index in [1.807, 2.05) is 0 Å². The Bertz CT molecular complexity index is 834. The summed E-state index contributed by atoms with van der Waals surface area (Å²) in [5.41, 5.74) is 0.952. The van der Waals surface area contributed by atoms with Gasteiger partial charge in [0.15, 0.2) is 12.4 Å². The highest BCUT2D eigenvalue weighted by molar-refractivity contribution is 9.10. The van der Waals surface area contributed by atoms with E-state index in [9.17, 15) is 18.4 Å². The highest BCUT2D eigenvalue weighted by Crippen LogP contribution is 2.25. The lowest BCUT2D eigenvalue weighted by Crippen LogP contribution is -2.12. The molecule has 0 fully saturated rings. The number of alkyl halides is 2. The molecule has 0 unspecified atom stereocenters. The molecule has 0 aliphatic heterocycles. The van der Waals surface area contributed by atoms with Crippen molar-refractivity contribution >= 4 is 33.8 Å². The molecule has 0 spiro atoms. The molecule has 0 saturated heterocycles. The van der Waals surface area contributed by atoms with Crippen LogP contribution in [0.3, 0.4) is 0 Å². The van der Waals surface area contributed by atoms with Gasteiger partial charge in [0.05, 0.1) is 11.6 Å². The summed E-state index contributed by atoms with van der Waals surface area (Å²) in [6.07, 6.45) is 2.57. The Morgan fingerprint density at radius 3 is 2.44 bits per heavy atom. The highest BCUT2D eigenvalue weighted by Gasteiger charge is 2.11. The van der Waals surface area contributed by atoms with Gasteiger partial charge in [-0.2, -0.15) is 8.78 Å². The van der Waals surface area contributed by atoms with Crippen molar-refractivity contribution in [3.63, 3.8) is 0 Å². The third kappa shape index (κ3) is 6.49. The number of ketones is 1. The van der Waals surface area contributed by atoms with Gasteiger partial charge in [0.1, 0.15) is 11.5 Å². The van der Waals surface area contributed by atoms with Gasteiger partial charge in [-0.05, 0) is 57.9 Å². The third-order valence-electron chi connectivity index (χ3n) is 3.34. The molecule has 2 aromatic carbocycles. The maximum Gasteiger partial charge on any atom is 0.387 e. The molecule has 0 aliphatic rings. The van der Waals surface area contributed by atoms with Crippen LogP contribution in [0, 0.1) is 0 Å². The molecule has 0 N–H and O–H groups in total. The zero-order chi connectivity index (χ0) is 19.8. The van der Waals surface area contributed by atoms with Crippen molar-refractivity contribution in [1.29, 1.82) is 0 Å². The van der Waals surface area contributed by atoms with Crippen LogP contribution in [0.1, 0.15) is 15.9 Å². The SMILES string of the molecule is COc1ccc(C(=O)COC(=O)/C=C/c2ccc(OC(F)F)cc2)cc1Br. The number of benzene rings is 2. The highest BCUT2D eigenvalue weighted by atomic mass is 79.9. The fourth-order valence-corrected chi connectivity index (χ4v) is 2.57. The minimum atomic E-state index is -2.90. The average molecular weight is 441 g/mol. The Morgan fingerprint density at radius 1 is 1.15 bits per heavy atom. The van der Waals surface area contributed by atoms with E-state index in [4.69, 9.17) is 9.47 Å². The first-order valence-electron chi connectivity index (χ1n) is 7.65. The summed E-state index contributed by atoms with van der Waals surface area (Å²) >= 11 is 3.28. The molecule has 0 amide bonds. The van der Waals surface area contributed by atoms with E-state index >= 15 is 0 Å². The van der Waals surface area contributed by atoms with E-state index in [-0.39, 0.29) is 11.5 Å². The number of rotatable bonds is 8. The molecule has 0 saturated carbocycles. The van der Waals surface area contributed by atoms with Crippen LogP contribution >= 0.6 is 15.9 Å². The zero-order valence-corrected chi connectivity index (χ0v) is 15.7. The first-order chi connectivity index (χ1) is 12.9. The van der Waals surface area contributed by atoms with Crippen LogP contribution in [0.15, 0.2) is 53.0 Å². The zero-order valence-electron chi connectivity index (χ0n) is 14.2. The van der Waals surface area contributed by atoms with Gasteiger partial charge in [-0.3, -0.25) is 4.79 Å². The van der Waals surface area contributed by atoms with Gasteiger partial charge in [0, 0.05) is 11.6 Å². The largest absolute Gasteiger partial charge is 0.496 e. The summed E-state index contributed by atoms with van der Waals surface area (Å²) in [5.74, 6) is -0.477. The number of Topliss-reactive ketones (excluding diaryl/α,β-unsaturated/α-hetero) is 1. The normalized spacial score (nSPS) is 10.9. The van der Waals surface area contributed by atoms with Gasteiger partial charge in [-0.1, -0.05) is 12.1 Å². The minimum Gasteiger partial charge on any atom is -0.496 e. The molecular formula is C19H15BrF2O5. The molecule has 0 aromatic heterocycles. The van der Waals surface area contributed by atoms with Gasteiger partial charge in [0.2, 0.25) is 0 Å². The van der Waals surface area contributed by atoms with Crippen molar-refractivity contribution in [2.45, 2.75) is 6.61 Å². The smallest absolute Gasteiger partial charge is 0.387 e. The van der Waals surface area contributed by atoms with Gasteiger partial charge < -0.3 is 14.2 Å². The molecule has 8 heteroatoms. The summed E-state index contributed by atoms with van der Waals surface area (Å²) in [7, 11) is 1.51. The van der Waals surface area contributed by atoms with E-state index in [0.717, 1.165) is 6.08 Å². The number of halogens is 3. The van der Waals surface area contributed by atoms with Gasteiger partial charge in [-0.25, -0.2) is 4.79 Å². The van der Waals surface area contributed by atoms with E-state index in [1.165, 1.54) is 37.5 Å². The van der Waals surface area contributed by atoms with E-state index in [2.05, 4.69) is 20.7 Å². The Morgan fingerprint density at radius 2 is 1.85 bits per heavy atom. The standard InChI is InChI=1S/C19H15BrF2O5/c1-25-17-8-5-13(10-15(17)20)16(23)11-26-18(24)9-4-12-2-6-14(7-3-12)27-19(21)22/h2-10,19H,11H2,1H3/b9-4+. The van der Waals surface area contributed by atoms with Crippen molar-refractivity contribution in [3.05, 3.63) is 64.1 Å². The quantitative estimate of drug-likeness (QED) is 0.343. The minimum absolute atomic E-state index is 0.0148. The lowest BCUT2D eigenvalue weighted by atomic mass is 10.1. The predicted molar refractivity (Wildman–Crippen MR) is 98.1 cm³/mol. The summed E-state index contributed by atoms with van der Waals surface area (Å²) < 4.78 is 39.0. The van der Waals surface area contributed by atoms with Crippen LogP contribution in [0.4, 0.5) is 8.78 Å². The van der Waals surface area contributed by atoms with Crippen LogP contribution in [-0.4, -0.2) is 32.1 Å². The van der Waals surface area contributed by atoms with E-state index < -0.39 is 19.2 Å². The van der Waals surface area contributed by atoms with E-state index in [1.54, 1.807) is 18.2 Å². The maximum absolute atomic E-state index is 12.1. The first-order valence-corrected chi connectivity index (χ1v) is 8.45. The molecule has 0 bridgehead atoms. The topological polar surface area (TPSA) is 61.8 Å². The number of hydrogen-bond donors (Lipinski definition) is 0. The molecular weight excluding hydrogens is 426 g/mol. The predicted octanol–water partition coefficient (Wildman–Crippen LogP) is 4.50. The van der Waals surface area contributed by atoms with Gasteiger partial charge in [-0.15, -0.1) is 0 Å². The lowest BCUT2D eigenvalue weighted by Gasteiger charge is -2.06. The molecule has 0 radical (unpaired) electrons. The monoisotopic (exact) mass is 440 g/mol. The number of esters is 1. The molecule has 5 nitrogen and oxygen atoms in total. The fourth-order valence-electron chi connectivity index (χ4n) is 2.03. The summed E-state index contributed by atoms with van der Waals surface area (Å²) in [5, 5.41) is 0. The van der Waals surface area contributed by atoms with Crippen LogP contribution < -0.4 is 9.47 Å². The molecule has 142 valence electrons. The van der Waals surface area contributed by atoms with Crippen molar-refractivity contribution in [2.75, 3.05) is 13.7 Å². The molecule has 27 heavy (non-hydrogen) atoms. The summed E-state index contributed by atoms with van der Waals surface area (Å²) in [6, 6.07) is 10.5. The van der Waals surface area contributed by atoms with Crippen molar-refractivity contribution in [2.24, 2.45) is 0 Å². The molecule has 0 aliphatic carbocycles. The van der Waals surface area contributed by atoms with Crippen LogP contribution in [-0.2, 0) is 9.53 Å². The Labute approximate surface area is 162 Å². The Balaban J connectivity index is 1.87. The number of methoxy groups -OCH3 is 1. The molecule has 2 aromatic rings. The van der Waals surface area contributed by atoms with Crippen molar-refractivity contribution < 1.29 is 32.6 Å². The third-order valence-corrected chi connectivity index (χ3v) is 3.96. The van der Waals surface area contributed by atoms with Crippen LogP contribution in [0.2, 0.25) is 0 Å². The van der Waals surface area contributed by atoms with Crippen molar-refractivity contribution in [1.82, 2.24) is 0 Å². The molecule has 2 rings (SSSR count). The number of ether oxygens (including phenoxy) is 3. The fraction of sp³-hybridized carbons (Fsp3) is 0.158. The van der Waals surface area contributed by atoms with Gasteiger partial charge >= 0.3 is 12.6 Å². The van der Waals surface area contributed by atoms with E-state index in [0.29, 0.717) is 21.3 Å². The number of hydrogen-bond acceptors (Lipinski definition) is 5. The summed E-state index contributed by atoms with van der Waals surface area (Å²) in [6.45, 7) is -3.31. The van der Waals surface area contributed by atoms with Gasteiger partial charge in [0.25, 0.3) is 0 Å². The Kier molecular flexibility index (Phi) is 7.48. The summed E-state index contributed by atoms with van der Waals surface area (Å²) in [4.78, 5) is 23.8.